The van der Waals surface area contributed by atoms with Crippen LogP contribution < -0.4 is 0 Å². The zero-order valence-electron chi connectivity index (χ0n) is 12.0. The Bertz CT molecular complexity index is 748. The number of benzene rings is 1. The Morgan fingerprint density at radius 2 is 2.14 bits per heavy atom. The van der Waals surface area contributed by atoms with Crippen LogP contribution in [0.25, 0.3) is 11.0 Å². The van der Waals surface area contributed by atoms with Gasteiger partial charge in [-0.15, -0.1) is 0 Å². The lowest BCUT2D eigenvalue weighted by molar-refractivity contribution is -0.146. The van der Waals surface area contributed by atoms with E-state index in [1.165, 1.54) is 0 Å². The molecule has 1 fully saturated rings. The van der Waals surface area contributed by atoms with E-state index in [-0.39, 0.29) is 24.9 Å². The van der Waals surface area contributed by atoms with E-state index in [0.29, 0.717) is 22.6 Å². The van der Waals surface area contributed by atoms with E-state index in [1.807, 2.05) is 13.0 Å². The molecule has 2 atom stereocenters. The number of aryl methyl sites for hydroxylation is 1. The first kappa shape index (κ1) is 15.1. The molecule has 1 N–H and O–H groups in total. The molecule has 116 valence electrons. The van der Waals surface area contributed by atoms with Crippen LogP contribution in [-0.2, 0) is 9.53 Å². The van der Waals surface area contributed by atoms with E-state index in [0.717, 1.165) is 11.1 Å². The van der Waals surface area contributed by atoms with E-state index in [4.69, 9.17) is 25.9 Å². The standard InChI is InChI=1S/C16H15ClO5/c1-8-4-10-5-9(6-13(17)15(10)22-8)14(19)11-7-12(11)16(20)21-3-2-18/h4-6,11-12,18H,2-3,7H2,1H3. The number of aliphatic hydroxyl groups excluding tert-OH is 1. The van der Waals surface area contributed by atoms with Crippen LogP contribution in [0.2, 0.25) is 5.02 Å². The number of furan rings is 1. The largest absolute Gasteiger partial charge is 0.463 e. The minimum Gasteiger partial charge on any atom is -0.463 e. The number of rotatable bonds is 5. The average Bonchev–Trinajstić information content (AvgIpc) is 3.19. The van der Waals surface area contributed by atoms with Gasteiger partial charge in [0.05, 0.1) is 17.5 Å². The van der Waals surface area contributed by atoms with Crippen LogP contribution in [0.5, 0.6) is 0 Å². The smallest absolute Gasteiger partial charge is 0.309 e. The van der Waals surface area contributed by atoms with E-state index in [9.17, 15) is 9.59 Å². The number of carbonyl (C=O) groups is 2. The number of halogens is 1. The van der Waals surface area contributed by atoms with Gasteiger partial charge in [0.25, 0.3) is 0 Å². The molecule has 2 unspecified atom stereocenters. The third-order valence-corrected chi connectivity index (χ3v) is 4.02. The number of hydrogen-bond acceptors (Lipinski definition) is 5. The highest BCUT2D eigenvalue weighted by atomic mass is 35.5. The van der Waals surface area contributed by atoms with Crippen molar-refractivity contribution in [2.45, 2.75) is 13.3 Å². The number of ether oxygens (including phenoxy) is 1. The number of aliphatic hydroxyl groups is 1. The summed E-state index contributed by atoms with van der Waals surface area (Å²) >= 11 is 6.15. The molecule has 1 aliphatic rings. The number of esters is 1. The number of Topliss-reactive ketones (excluding diaryl/α,β-unsaturated/α-hetero) is 1. The number of carbonyl (C=O) groups excluding carboxylic acids is 2. The van der Waals surface area contributed by atoms with Crippen molar-refractivity contribution in [3.8, 4) is 0 Å². The SMILES string of the molecule is Cc1cc2cc(C(=O)C3CC3C(=O)OCCO)cc(Cl)c2o1. The summed E-state index contributed by atoms with van der Waals surface area (Å²) in [5.74, 6) is -0.613. The van der Waals surface area contributed by atoms with Crippen molar-refractivity contribution < 1.29 is 23.8 Å². The second-order valence-corrected chi connectivity index (χ2v) is 5.84. The fraction of sp³-hybridized carbons (Fsp3) is 0.375. The molecule has 1 aliphatic carbocycles. The summed E-state index contributed by atoms with van der Waals surface area (Å²) in [7, 11) is 0. The van der Waals surface area contributed by atoms with Gasteiger partial charge in [0.2, 0.25) is 0 Å². The molecule has 0 aliphatic heterocycles. The minimum absolute atomic E-state index is 0.0394. The lowest BCUT2D eigenvalue weighted by Crippen LogP contribution is -2.14. The van der Waals surface area contributed by atoms with Crippen LogP contribution in [0, 0.1) is 18.8 Å². The summed E-state index contributed by atoms with van der Waals surface area (Å²) in [6.07, 6.45) is 0.475. The van der Waals surface area contributed by atoms with Gasteiger partial charge in [0, 0.05) is 16.9 Å². The Hall–Kier alpha value is -1.85. The fourth-order valence-corrected chi connectivity index (χ4v) is 2.86. The van der Waals surface area contributed by atoms with Crippen molar-refractivity contribution in [3.63, 3.8) is 0 Å². The summed E-state index contributed by atoms with van der Waals surface area (Å²) in [5.41, 5.74) is 1.03. The molecule has 1 heterocycles. The zero-order chi connectivity index (χ0) is 15.9. The van der Waals surface area contributed by atoms with Crippen molar-refractivity contribution in [2.75, 3.05) is 13.2 Å². The Kier molecular flexibility index (Phi) is 3.93. The van der Waals surface area contributed by atoms with E-state index < -0.39 is 11.9 Å². The van der Waals surface area contributed by atoms with Gasteiger partial charge in [-0.25, -0.2) is 0 Å². The molecule has 1 aromatic carbocycles. The molecule has 0 amide bonds. The lowest BCUT2D eigenvalue weighted by atomic mass is 10.0. The Labute approximate surface area is 131 Å². The van der Waals surface area contributed by atoms with E-state index >= 15 is 0 Å². The topological polar surface area (TPSA) is 76.7 Å². The highest BCUT2D eigenvalue weighted by Crippen LogP contribution is 2.42. The number of ketones is 1. The van der Waals surface area contributed by atoms with Crippen LogP contribution in [0.4, 0.5) is 0 Å². The van der Waals surface area contributed by atoms with Crippen LogP contribution in [0.1, 0.15) is 22.5 Å². The maximum Gasteiger partial charge on any atom is 0.309 e. The number of fused-ring (bicyclic) bond motifs is 1. The second-order valence-electron chi connectivity index (χ2n) is 5.44. The highest BCUT2D eigenvalue weighted by molar-refractivity contribution is 6.35. The van der Waals surface area contributed by atoms with Gasteiger partial charge in [-0.3, -0.25) is 9.59 Å². The van der Waals surface area contributed by atoms with Gasteiger partial charge in [0.1, 0.15) is 12.4 Å². The highest BCUT2D eigenvalue weighted by Gasteiger charge is 2.49. The zero-order valence-corrected chi connectivity index (χ0v) is 12.7. The normalized spacial score (nSPS) is 20.1. The molecule has 6 heteroatoms. The summed E-state index contributed by atoms with van der Waals surface area (Å²) in [6.45, 7) is 1.55. The van der Waals surface area contributed by atoms with Crippen molar-refractivity contribution in [3.05, 3.63) is 34.5 Å². The summed E-state index contributed by atoms with van der Waals surface area (Å²) in [6, 6.07) is 5.12. The molecule has 3 rings (SSSR count). The average molecular weight is 323 g/mol. The molecule has 22 heavy (non-hydrogen) atoms. The van der Waals surface area contributed by atoms with Gasteiger partial charge in [-0.1, -0.05) is 11.6 Å². The van der Waals surface area contributed by atoms with Crippen molar-refractivity contribution in [2.24, 2.45) is 11.8 Å². The van der Waals surface area contributed by atoms with Crippen LogP contribution >= 0.6 is 11.6 Å². The molecule has 1 aromatic heterocycles. The van der Waals surface area contributed by atoms with Gasteiger partial charge >= 0.3 is 5.97 Å². The van der Waals surface area contributed by atoms with Crippen molar-refractivity contribution in [1.29, 1.82) is 0 Å². The third-order valence-electron chi connectivity index (χ3n) is 3.74. The maximum atomic E-state index is 12.5. The molecule has 0 spiro atoms. The summed E-state index contributed by atoms with van der Waals surface area (Å²) in [4.78, 5) is 24.1. The van der Waals surface area contributed by atoms with Gasteiger partial charge in [-0.05, 0) is 31.5 Å². The van der Waals surface area contributed by atoms with Gasteiger partial charge in [-0.2, -0.15) is 0 Å². The molecule has 0 bridgehead atoms. The number of hydrogen-bond donors (Lipinski definition) is 1. The minimum atomic E-state index is -0.432. The quantitative estimate of drug-likeness (QED) is 0.676. The molecule has 1 saturated carbocycles. The Morgan fingerprint density at radius 3 is 2.86 bits per heavy atom. The molecular weight excluding hydrogens is 308 g/mol. The molecule has 0 radical (unpaired) electrons. The van der Waals surface area contributed by atoms with Gasteiger partial charge in [0.15, 0.2) is 11.4 Å². The van der Waals surface area contributed by atoms with E-state index in [2.05, 4.69) is 0 Å². The molecule has 2 aromatic rings. The maximum absolute atomic E-state index is 12.5. The van der Waals surface area contributed by atoms with Crippen molar-refractivity contribution >= 4 is 34.3 Å². The fourth-order valence-electron chi connectivity index (χ4n) is 2.59. The first-order valence-electron chi connectivity index (χ1n) is 7.02. The van der Waals surface area contributed by atoms with Crippen LogP contribution in [0.15, 0.2) is 22.6 Å². The third kappa shape index (κ3) is 2.74. The molecular formula is C16H15ClO5. The lowest BCUT2D eigenvalue weighted by Gasteiger charge is -2.03. The predicted molar refractivity (Wildman–Crippen MR) is 79.9 cm³/mol. The van der Waals surface area contributed by atoms with Crippen LogP contribution in [0.3, 0.4) is 0 Å². The summed E-state index contributed by atoms with van der Waals surface area (Å²) in [5, 5.41) is 9.79. The van der Waals surface area contributed by atoms with Gasteiger partial charge < -0.3 is 14.3 Å². The molecule has 5 nitrogen and oxygen atoms in total. The van der Waals surface area contributed by atoms with Crippen LogP contribution in [-0.4, -0.2) is 30.1 Å². The predicted octanol–water partition coefficient (Wildman–Crippen LogP) is 2.75. The Morgan fingerprint density at radius 1 is 1.36 bits per heavy atom. The Balaban J connectivity index is 1.78. The first-order valence-corrected chi connectivity index (χ1v) is 7.40. The summed E-state index contributed by atoms with van der Waals surface area (Å²) < 4.78 is 10.3. The first-order chi connectivity index (χ1) is 10.5. The molecule has 0 saturated heterocycles. The van der Waals surface area contributed by atoms with Crippen molar-refractivity contribution in [1.82, 2.24) is 0 Å². The van der Waals surface area contributed by atoms with E-state index in [1.54, 1.807) is 12.1 Å². The second kappa shape index (κ2) is 5.74. The monoisotopic (exact) mass is 322 g/mol.